The summed E-state index contributed by atoms with van der Waals surface area (Å²) in [4.78, 5) is 23.8. The largest absolute Gasteiger partial charge is 0.356 e. The zero-order valence-corrected chi connectivity index (χ0v) is 14.8. The van der Waals surface area contributed by atoms with Crippen LogP contribution >= 0.6 is 11.8 Å². The second kappa shape index (κ2) is 8.76. The fourth-order valence-electron chi connectivity index (χ4n) is 2.26. The van der Waals surface area contributed by atoms with Gasteiger partial charge < -0.3 is 5.32 Å². The molecule has 0 fully saturated rings. The highest BCUT2D eigenvalue weighted by atomic mass is 32.2. The van der Waals surface area contributed by atoms with Crippen molar-refractivity contribution >= 4 is 23.5 Å². The topological polar surface area (TPSA) is 46.2 Å². The second-order valence-corrected chi connectivity index (χ2v) is 7.04. The molecule has 0 saturated carbocycles. The molecule has 2 aromatic rings. The first-order valence-corrected chi connectivity index (χ1v) is 8.74. The third-order valence-electron chi connectivity index (χ3n) is 3.60. The first kappa shape index (κ1) is 19.1. The smallest absolute Gasteiger partial charge is 0.216 e. The summed E-state index contributed by atoms with van der Waals surface area (Å²) in [5, 5.41) is 2.30. The summed E-state index contributed by atoms with van der Waals surface area (Å²) in [5.74, 6) is -1.98. The van der Waals surface area contributed by atoms with E-state index in [-0.39, 0.29) is 11.7 Å². The highest BCUT2D eigenvalue weighted by molar-refractivity contribution is 8.00. The monoisotopic (exact) mass is 363 g/mol. The fraction of sp³-hybridized carbons (Fsp3) is 0.263. The normalized spacial score (nSPS) is 11.8. The molecule has 0 aliphatic carbocycles. The zero-order valence-electron chi connectivity index (χ0n) is 14.0. The number of thioether (sulfide) groups is 1. The van der Waals surface area contributed by atoms with Gasteiger partial charge >= 0.3 is 0 Å². The molecule has 0 saturated heterocycles. The van der Waals surface area contributed by atoms with Gasteiger partial charge in [0.2, 0.25) is 5.91 Å². The molecule has 0 aliphatic rings. The maximum absolute atomic E-state index is 13.3. The van der Waals surface area contributed by atoms with E-state index in [2.05, 4.69) is 5.32 Å². The predicted octanol–water partition coefficient (Wildman–Crippen LogP) is 4.01. The average molecular weight is 363 g/mol. The Labute approximate surface area is 149 Å². The fourth-order valence-corrected chi connectivity index (χ4v) is 3.23. The molecule has 0 aromatic heterocycles. The van der Waals surface area contributed by atoms with E-state index in [9.17, 15) is 18.4 Å². The van der Waals surface area contributed by atoms with Gasteiger partial charge in [0.1, 0.15) is 0 Å². The van der Waals surface area contributed by atoms with Gasteiger partial charge in [0, 0.05) is 23.9 Å². The molecular weight excluding hydrogens is 344 g/mol. The maximum atomic E-state index is 13.3. The summed E-state index contributed by atoms with van der Waals surface area (Å²) in [5.41, 5.74) is 1.58. The number of halogens is 2. The minimum atomic E-state index is -0.923. The Morgan fingerprint density at radius 2 is 1.76 bits per heavy atom. The molecule has 0 bridgehead atoms. The molecule has 0 radical (unpaired) electrons. The summed E-state index contributed by atoms with van der Waals surface area (Å²) in [6, 6.07) is 10.8. The van der Waals surface area contributed by atoms with Crippen molar-refractivity contribution in [1.29, 1.82) is 0 Å². The number of benzene rings is 2. The van der Waals surface area contributed by atoms with E-state index in [1.807, 2.05) is 12.1 Å². The van der Waals surface area contributed by atoms with Gasteiger partial charge in [0.05, 0.1) is 5.25 Å². The Morgan fingerprint density at radius 1 is 1.08 bits per heavy atom. The summed E-state index contributed by atoms with van der Waals surface area (Å²) < 4.78 is 26.2. The Hall–Kier alpha value is -2.21. The van der Waals surface area contributed by atoms with Crippen molar-refractivity contribution in [3.8, 4) is 0 Å². The number of amides is 1. The van der Waals surface area contributed by atoms with Crippen LogP contribution in [0.2, 0.25) is 0 Å². The van der Waals surface area contributed by atoms with Crippen LogP contribution < -0.4 is 5.32 Å². The van der Waals surface area contributed by atoms with Crippen molar-refractivity contribution in [3.63, 3.8) is 0 Å². The summed E-state index contributed by atoms with van der Waals surface area (Å²) >= 11 is 1.19. The standard InChI is InChI=1S/C19H19F2NO2S/c1-12(25-16-7-8-17(20)18(21)11-16)19(24)15-5-3-14(4-6-15)9-10-22-13(2)23/h3-8,11-12H,9-10H2,1-2H3,(H,22,23). The van der Waals surface area contributed by atoms with E-state index in [1.54, 1.807) is 19.1 Å². The van der Waals surface area contributed by atoms with Crippen LogP contribution in [0.4, 0.5) is 8.78 Å². The number of ketones is 1. The third kappa shape index (κ3) is 5.67. The van der Waals surface area contributed by atoms with Crippen LogP contribution in [0.15, 0.2) is 47.4 Å². The lowest BCUT2D eigenvalue weighted by molar-refractivity contribution is -0.118. The van der Waals surface area contributed by atoms with Gasteiger partial charge in [-0.15, -0.1) is 11.8 Å². The highest BCUT2D eigenvalue weighted by Gasteiger charge is 2.17. The van der Waals surface area contributed by atoms with Crippen molar-refractivity contribution in [1.82, 2.24) is 5.32 Å². The molecule has 1 N–H and O–H groups in total. The van der Waals surface area contributed by atoms with Crippen molar-refractivity contribution in [2.45, 2.75) is 30.4 Å². The van der Waals surface area contributed by atoms with Gasteiger partial charge in [-0.25, -0.2) is 8.78 Å². The summed E-state index contributed by atoms with van der Waals surface area (Å²) in [7, 11) is 0. The number of Topliss-reactive ketones (excluding diaryl/α,β-unsaturated/α-hetero) is 1. The van der Waals surface area contributed by atoms with Crippen LogP contribution in [-0.4, -0.2) is 23.5 Å². The molecule has 1 atom stereocenters. The van der Waals surface area contributed by atoms with E-state index in [4.69, 9.17) is 0 Å². The van der Waals surface area contributed by atoms with Crippen LogP contribution in [0.5, 0.6) is 0 Å². The van der Waals surface area contributed by atoms with Crippen molar-refractivity contribution in [2.75, 3.05) is 6.54 Å². The minimum absolute atomic E-state index is 0.0742. The molecule has 2 aromatic carbocycles. The highest BCUT2D eigenvalue weighted by Crippen LogP contribution is 2.27. The molecule has 3 nitrogen and oxygen atoms in total. The van der Waals surface area contributed by atoms with Crippen LogP contribution in [0.3, 0.4) is 0 Å². The van der Waals surface area contributed by atoms with E-state index in [0.717, 1.165) is 17.7 Å². The van der Waals surface area contributed by atoms with Gasteiger partial charge in [-0.05, 0) is 37.1 Å². The quantitative estimate of drug-likeness (QED) is 0.597. The summed E-state index contributed by atoms with van der Waals surface area (Å²) in [6.45, 7) is 3.75. The Bertz CT molecular complexity index is 763. The van der Waals surface area contributed by atoms with Gasteiger partial charge in [-0.1, -0.05) is 24.3 Å². The van der Waals surface area contributed by atoms with E-state index in [1.165, 1.54) is 24.8 Å². The van der Waals surface area contributed by atoms with E-state index >= 15 is 0 Å². The molecule has 6 heteroatoms. The Morgan fingerprint density at radius 3 is 2.36 bits per heavy atom. The van der Waals surface area contributed by atoms with Gasteiger partial charge in [-0.3, -0.25) is 9.59 Å². The lowest BCUT2D eigenvalue weighted by Crippen LogP contribution is -2.22. The Balaban J connectivity index is 1.96. The number of carbonyl (C=O) groups excluding carboxylic acids is 2. The number of hydrogen-bond donors (Lipinski definition) is 1. The van der Waals surface area contributed by atoms with E-state index < -0.39 is 16.9 Å². The first-order valence-electron chi connectivity index (χ1n) is 7.86. The summed E-state index contributed by atoms with van der Waals surface area (Å²) in [6.07, 6.45) is 0.688. The van der Waals surface area contributed by atoms with Gasteiger partial charge in [0.25, 0.3) is 0 Å². The lowest BCUT2D eigenvalue weighted by Gasteiger charge is -2.11. The number of nitrogens with one attached hydrogen (secondary N) is 1. The molecule has 0 aliphatic heterocycles. The second-order valence-electron chi connectivity index (χ2n) is 5.63. The van der Waals surface area contributed by atoms with E-state index in [0.29, 0.717) is 23.4 Å². The zero-order chi connectivity index (χ0) is 18.4. The predicted molar refractivity (Wildman–Crippen MR) is 94.8 cm³/mol. The Kier molecular flexibility index (Phi) is 6.70. The van der Waals surface area contributed by atoms with Crippen LogP contribution in [-0.2, 0) is 11.2 Å². The molecule has 2 rings (SSSR count). The van der Waals surface area contributed by atoms with Gasteiger partial charge in [0.15, 0.2) is 17.4 Å². The average Bonchev–Trinajstić information content (AvgIpc) is 2.58. The van der Waals surface area contributed by atoms with Crippen molar-refractivity contribution in [3.05, 3.63) is 65.2 Å². The van der Waals surface area contributed by atoms with Crippen molar-refractivity contribution in [2.24, 2.45) is 0 Å². The van der Waals surface area contributed by atoms with Crippen LogP contribution in [0, 0.1) is 11.6 Å². The minimum Gasteiger partial charge on any atom is -0.356 e. The molecule has 1 amide bonds. The first-order chi connectivity index (χ1) is 11.9. The molecule has 25 heavy (non-hydrogen) atoms. The molecule has 1 unspecified atom stereocenters. The number of rotatable bonds is 7. The lowest BCUT2D eigenvalue weighted by atomic mass is 10.0. The molecule has 132 valence electrons. The molecule has 0 spiro atoms. The van der Waals surface area contributed by atoms with Crippen molar-refractivity contribution < 1.29 is 18.4 Å². The van der Waals surface area contributed by atoms with Crippen LogP contribution in [0.1, 0.15) is 29.8 Å². The number of carbonyl (C=O) groups is 2. The van der Waals surface area contributed by atoms with Crippen LogP contribution in [0.25, 0.3) is 0 Å². The molecular formula is C19H19F2NO2S. The maximum Gasteiger partial charge on any atom is 0.216 e. The number of hydrogen-bond acceptors (Lipinski definition) is 3. The molecule has 0 heterocycles. The third-order valence-corrected chi connectivity index (χ3v) is 4.69. The SMILES string of the molecule is CC(=O)NCCc1ccc(C(=O)C(C)Sc2ccc(F)c(F)c2)cc1. The van der Waals surface area contributed by atoms with Gasteiger partial charge in [-0.2, -0.15) is 0 Å².